The van der Waals surface area contributed by atoms with Crippen LogP contribution in [0.15, 0.2) is 42.6 Å². The number of hydrogen-bond acceptors (Lipinski definition) is 7. The molecule has 2 amide bonds. The van der Waals surface area contributed by atoms with Crippen LogP contribution >= 0.6 is 11.6 Å². The Morgan fingerprint density at radius 2 is 2.03 bits per heavy atom. The molecule has 3 atom stereocenters. The highest BCUT2D eigenvalue weighted by Crippen LogP contribution is 2.41. The SMILES string of the molecule is O=C(O)N[C@H]1CN(CC(=O)NC(c2ccc3c(c2)OCO3)c2cc(Cl)c3cccnc3c2O)C[C@H]1F. The maximum absolute atomic E-state index is 14.2. The van der Waals surface area contributed by atoms with E-state index in [1.54, 1.807) is 36.4 Å². The van der Waals surface area contributed by atoms with Gasteiger partial charge in [0.1, 0.15) is 17.4 Å². The normalized spacial score (nSPS) is 19.8. The number of rotatable bonds is 6. The van der Waals surface area contributed by atoms with Crippen molar-refractivity contribution in [2.24, 2.45) is 0 Å². The van der Waals surface area contributed by atoms with Crippen LogP contribution in [-0.4, -0.2) is 70.7 Å². The number of fused-ring (bicyclic) bond motifs is 2. The molecule has 10 nitrogen and oxygen atoms in total. The summed E-state index contributed by atoms with van der Waals surface area (Å²) in [5.41, 5.74) is 1.18. The summed E-state index contributed by atoms with van der Waals surface area (Å²) in [4.78, 5) is 29.7. The Morgan fingerprint density at radius 1 is 1.22 bits per heavy atom. The Morgan fingerprint density at radius 3 is 2.83 bits per heavy atom. The van der Waals surface area contributed by atoms with Crippen LogP contribution in [0.5, 0.6) is 17.2 Å². The van der Waals surface area contributed by atoms with E-state index in [0.29, 0.717) is 33.0 Å². The van der Waals surface area contributed by atoms with Gasteiger partial charge in [-0.05, 0) is 35.9 Å². The van der Waals surface area contributed by atoms with Gasteiger partial charge in [0.2, 0.25) is 12.7 Å². The van der Waals surface area contributed by atoms with E-state index >= 15 is 0 Å². The summed E-state index contributed by atoms with van der Waals surface area (Å²) in [6.07, 6.45) is -1.24. The van der Waals surface area contributed by atoms with Crippen molar-refractivity contribution in [3.63, 3.8) is 0 Å². The second-order valence-corrected chi connectivity index (χ2v) is 8.98. The molecule has 1 unspecified atom stereocenters. The number of aromatic nitrogens is 1. The average molecular weight is 517 g/mol. The number of halogens is 2. The molecule has 2 aliphatic rings. The minimum atomic E-state index is -1.44. The van der Waals surface area contributed by atoms with Gasteiger partial charge in [-0.1, -0.05) is 17.7 Å². The smallest absolute Gasteiger partial charge is 0.405 e. The number of aromatic hydroxyl groups is 1. The first kappa shape index (κ1) is 23.9. The lowest BCUT2D eigenvalue weighted by atomic mass is 9.95. The van der Waals surface area contributed by atoms with Crippen LogP contribution in [0.2, 0.25) is 5.02 Å². The zero-order chi connectivity index (χ0) is 25.4. The molecule has 1 saturated heterocycles. The largest absolute Gasteiger partial charge is 0.505 e. The first-order valence-electron chi connectivity index (χ1n) is 11.1. The predicted octanol–water partition coefficient (Wildman–Crippen LogP) is 2.82. The maximum atomic E-state index is 14.2. The lowest BCUT2D eigenvalue weighted by molar-refractivity contribution is -0.122. The number of phenols is 1. The summed E-state index contributed by atoms with van der Waals surface area (Å²) in [5, 5.41) is 25.9. The number of likely N-dealkylation sites (tertiary alicyclic amines) is 1. The van der Waals surface area contributed by atoms with Crippen LogP contribution in [-0.2, 0) is 4.79 Å². The highest BCUT2D eigenvalue weighted by atomic mass is 35.5. The Hall–Kier alpha value is -3.83. The zero-order valence-electron chi connectivity index (χ0n) is 18.8. The van der Waals surface area contributed by atoms with E-state index in [1.807, 2.05) is 0 Å². The van der Waals surface area contributed by atoms with Crippen molar-refractivity contribution in [3.05, 3.63) is 58.7 Å². The zero-order valence-corrected chi connectivity index (χ0v) is 19.5. The molecule has 0 aliphatic carbocycles. The highest BCUT2D eigenvalue weighted by molar-refractivity contribution is 6.35. The van der Waals surface area contributed by atoms with E-state index in [2.05, 4.69) is 15.6 Å². The molecule has 1 aromatic heterocycles. The number of phenolic OH excluding ortho intramolecular Hbond substituents is 1. The fourth-order valence-corrected chi connectivity index (χ4v) is 4.80. The number of hydrogen-bond donors (Lipinski definition) is 4. The van der Waals surface area contributed by atoms with Gasteiger partial charge in [-0.3, -0.25) is 14.7 Å². The molecule has 36 heavy (non-hydrogen) atoms. The summed E-state index contributed by atoms with van der Waals surface area (Å²) in [6.45, 7) is -0.159. The van der Waals surface area contributed by atoms with Crippen molar-refractivity contribution < 1.29 is 33.7 Å². The summed E-state index contributed by atoms with van der Waals surface area (Å²) in [5.74, 6) is 0.430. The van der Waals surface area contributed by atoms with Gasteiger partial charge < -0.3 is 30.3 Å². The Balaban J connectivity index is 1.45. The molecule has 0 bridgehead atoms. The highest BCUT2D eigenvalue weighted by Gasteiger charge is 2.35. The molecule has 0 saturated carbocycles. The van der Waals surface area contributed by atoms with Gasteiger partial charge in [-0.15, -0.1) is 0 Å². The summed E-state index contributed by atoms with van der Waals surface area (Å²) in [7, 11) is 0. The molecule has 3 aromatic rings. The number of nitrogens with zero attached hydrogens (tertiary/aromatic N) is 2. The number of pyridine rings is 1. The lowest BCUT2D eigenvalue weighted by Gasteiger charge is -2.24. The summed E-state index contributed by atoms with van der Waals surface area (Å²) in [6, 6.07) is 8.34. The summed E-state index contributed by atoms with van der Waals surface area (Å²) >= 11 is 6.49. The van der Waals surface area contributed by atoms with Gasteiger partial charge in [0.15, 0.2) is 11.5 Å². The quantitative estimate of drug-likeness (QED) is 0.393. The monoisotopic (exact) mass is 516 g/mol. The number of amides is 2. The van der Waals surface area contributed by atoms with Crippen LogP contribution in [0.1, 0.15) is 17.2 Å². The Kier molecular flexibility index (Phi) is 6.42. The second kappa shape index (κ2) is 9.67. The molecule has 3 heterocycles. The molecule has 188 valence electrons. The van der Waals surface area contributed by atoms with E-state index < -0.39 is 30.3 Å². The van der Waals surface area contributed by atoms with Crippen molar-refractivity contribution in [1.82, 2.24) is 20.5 Å². The van der Waals surface area contributed by atoms with Gasteiger partial charge >= 0.3 is 6.09 Å². The van der Waals surface area contributed by atoms with E-state index in [-0.39, 0.29) is 37.7 Å². The van der Waals surface area contributed by atoms with Gasteiger partial charge in [0, 0.05) is 30.2 Å². The van der Waals surface area contributed by atoms with Crippen LogP contribution in [0.25, 0.3) is 10.9 Å². The molecule has 5 rings (SSSR count). The third-order valence-corrected chi connectivity index (χ3v) is 6.50. The molecule has 0 spiro atoms. The standard InChI is InChI=1S/C24H22ClFN4O6/c25-15-7-14(23(32)22-13(15)2-1-5-27-22)21(12-3-4-18-19(6-12)36-11-35-18)29-20(31)10-30-8-16(26)17(9-30)28-24(33)34/h1-7,16-17,21,28,32H,8-11H2,(H,29,31)(H,33,34)/t16-,17+,21?/m1/s1. The van der Waals surface area contributed by atoms with Crippen LogP contribution in [0.3, 0.4) is 0 Å². The van der Waals surface area contributed by atoms with Crippen molar-refractivity contribution in [2.75, 3.05) is 26.4 Å². The fourth-order valence-electron chi connectivity index (χ4n) is 4.53. The predicted molar refractivity (Wildman–Crippen MR) is 127 cm³/mol. The third-order valence-electron chi connectivity index (χ3n) is 6.19. The average Bonchev–Trinajstić information content (AvgIpc) is 3.45. The maximum Gasteiger partial charge on any atom is 0.405 e. The number of carbonyl (C=O) groups is 2. The minimum absolute atomic E-state index is 0.0482. The van der Waals surface area contributed by atoms with Crippen molar-refractivity contribution in [2.45, 2.75) is 18.3 Å². The van der Waals surface area contributed by atoms with Gasteiger partial charge in [0.05, 0.1) is 23.7 Å². The number of alkyl halides is 1. The first-order valence-corrected chi connectivity index (χ1v) is 11.5. The van der Waals surface area contributed by atoms with Crippen LogP contribution in [0.4, 0.5) is 9.18 Å². The van der Waals surface area contributed by atoms with E-state index in [1.165, 1.54) is 11.1 Å². The van der Waals surface area contributed by atoms with E-state index in [9.17, 15) is 19.1 Å². The number of nitrogens with one attached hydrogen (secondary N) is 2. The number of benzene rings is 2. The Labute approximate surface area is 209 Å². The topological polar surface area (TPSA) is 133 Å². The van der Waals surface area contributed by atoms with Crippen molar-refractivity contribution >= 4 is 34.5 Å². The van der Waals surface area contributed by atoms with Crippen molar-refractivity contribution in [1.29, 1.82) is 0 Å². The third kappa shape index (κ3) is 4.67. The molecule has 4 N–H and O–H groups in total. The van der Waals surface area contributed by atoms with Crippen LogP contribution in [0, 0.1) is 0 Å². The van der Waals surface area contributed by atoms with Crippen molar-refractivity contribution in [3.8, 4) is 17.2 Å². The lowest BCUT2D eigenvalue weighted by Crippen LogP contribution is -2.42. The minimum Gasteiger partial charge on any atom is -0.505 e. The molecular formula is C24H22ClFN4O6. The Bertz CT molecular complexity index is 1340. The molecule has 1 fully saturated rings. The van der Waals surface area contributed by atoms with Gasteiger partial charge in [-0.2, -0.15) is 0 Å². The van der Waals surface area contributed by atoms with Gasteiger partial charge in [0.25, 0.3) is 0 Å². The fraction of sp³-hybridized carbons (Fsp3) is 0.292. The van der Waals surface area contributed by atoms with Crippen LogP contribution < -0.4 is 20.1 Å². The molecule has 2 aliphatic heterocycles. The second-order valence-electron chi connectivity index (χ2n) is 8.58. The summed E-state index contributed by atoms with van der Waals surface area (Å²) < 4.78 is 25.1. The number of ether oxygens (including phenoxy) is 2. The molecular weight excluding hydrogens is 495 g/mol. The molecule has 2 aromatic carbocycles. The first-order chi connectivity index (χ1) is 17.3. The number of carboxylic acid groups (broad SMARTS) is 1. The van der Waals surface area contributed by atoms with E-state index in [4.69, 9.17) is 26.2 Å². The van der Waals surface area contributed by atoms with E-state index in [0.717, 1.165) is 0 Å². The molecule has 0 radical (unpaired) electrons. The number of carbonyl (C=O) groups excluding carboxylic acids is 1. The van der Waals surface area contributed by atoms with Gasteiger partial charge in [-0.25, -0.2) is 9.18 Å². The molecule has 12 heteroatoms.